The van der Waals surface area contributed by atoms with Crippen molar-refractivity contribution in [3.05, 3.63) is 35.5 Å². The number of methoxy groups -OCH3 is 1. The zero-order valence-electron chi connectivity index (χ0n) is 21.8. The van der Waals surface area contributed by atoms with Crippen LogP contribution in [-0.2, 0) is 42.9 Å². The van der Waals surface area contributed by atoms with Crippen LogP contribution in [0.1, 0.15) is 47.5 Å². The van der Waals surface area contributed by atoms with Gasteiger partial charge in [-0.05, 0) is 53.5 Å². The molecule has 0 radical (unpaired) electrons. The second kappa shape index (κ2) is 11.8. The van der Waals surface area contributed by atoms with Gasteiger partial charge in [0, 0.05) is 5.57 Å². The second-order valence-electron chi connectivity index (χ2n) is 9.51. The Hall–Kier alpha value is -3.31. The zero-order chi connectivity index (χ0) is 28.2. The minimum atomic E-state index is -2.59. The summed E-state index contributed by atoms with van der Waals surface area (Å²) in [5, 5.41) is 20.4. The van der Waals surface area contributed by atoms with Crippen molar-refractivity contribution >= 4 is 29.7 Å². The van der Waals surface area contributed by atoms with Crippen molar-refractivity contribution in [2.75, 3.05) is 7.11 Å². The van der Waals surface area contributed by atoms with E-state index >= 15 is 0 Å². The molecule has 7 atom stereocenters. The summed E-state index contributed by atoms with van der Waals surface area (Å²) in [4.78, 5) is 63.3. The van der Waals surface area contributed by atoms with Crippen LogP contribution in [0.15, 0.2) is 35.5 Å². The number of esters is 4. The number of allylic oxidation sites excluding steroid dienone is 2. The molecule has 1 aliphatic carbocycles. The van der Waals surface area contributed by atoms with Crippen LogP contribution in [-0.4, -0.2) is 77.0 Å². The fourth-order valence-corrected chi connectivity index (χ4v) is 3.82. The van der Waals surface area contributed by atoms with Crippen LogP contribution >= 0.6 is 0 Å². The number of carbonyl (C=O) groups excluding carboxylic acids is 5. The molecule has 11 heteroatoms. The SMILES string of the molecule is C=C1C(=O)O[C@@H]2/C=C(\C)CC/C=C(/C(=O)OC)[C@H](OC(=O)[C@H](C)[C@H](C)O)[C@@H](OC(=O)[C@@](C)(O)C(C)=O)[C@@H]12. The van der Waals surface area contributed by atoms with Gasteiger partial charge in [0.25, 0.3) is 0 Å². The van der Waals surface area contributed by atoms with Crippen LogP contribution in [0.3, 0.4) is 0 Å². The number of ketones is 1. The highest BCUT2D eigenvalue weighted by atomic mass is 16.6. The molecule has 2 rings (SSSR count). The fourth-order valence-electron chi connectivity index (χ4n) is 3.82. The molecule has 1 heterocycles. The molecular weight excluding hydrogens is 488 g/mol. The molecule has 0 unspecified atom stereocenters. The van der Waals surface area contributed by atoms with Gasteiger partial charge in [-0.2, -0.15) is 0 Å². The van der Waals surface area contributed by atoms with Gasteiger partial charge in [0.05, 0.1) is 30.6 Å². The first-order valence-corrected chi connectivity index (χ1v) is 11.8. The Labute approximate surface area is 215 Å². The number of fused-ring (bicyclic) bond motifs is 1. The predicted molar refractivity (Wildman–Crippen MR) is 128 cm³/mol. The Morgan fingerprint density at radius 2 is 1.84 bits per heavy atom. The Balaban J connectivity index is 2.77. The number of rotatable bonds is 7. The van der Waals surface area contributed by atoms with E-state index in [-0.39, 0.29) is 17.6 Å². The molecule has 0 saturated carbocycles. The molecule has 1 aliphatic heterocycles. The molecular formula is C26H34O11. The number of ether oxygens (including phenoxy) is 4. The van der Waals surface area contributed by atoms with Crippen LogP contribution in [0.4, 0.5) is 0 Å². The number of aliphatic hydroxyl groups excluding tert-OH is 1. The summed E-state index contributed by atoms with van der Waals surface area (Å²) in [6.07, 6.45) is -1.64. The van der Waals surface area contributed by atoms with E-state index in [0.717, 1.165) is 26.5 Å². The topological polar surface area (TPSA) is 163 Å². The lowest BCUT2D eigenvalue weighted by atomic mass is 9.83. The molecule has 37 heavy (non-hydrogen) atoms. The first-order valence-electron chi connectivity index (χ1n) is 11.8. The van der Waals surface area contributed by atoms with Crippen molar-refractivity contribution in [3.63, 3.8) is 0 Å². The fraction of sp³-hybridized carbons (Fsp3) is 0.577. The van der Waals surface area contributed by atoms with Crippen LogP contribution in [0.5, 0.6) is 0 Å². The maximum Gasteiger partial charge on any atom is 0.346 e. The van der Waals surface area contributed by atoms with Gasteiger partial charge in [-0.1, -0.05) is 18.2 Å². The van der Waals surface area contributed by atoms with Crippen molar-refractivity contribution < 1.29 is 53.1 Å². The number of Topliss-reactive ketones (excluding diaryl/α,β-unsaturated/α-hetero) is 1. The number of aliphatic hydroxyl groups is 2. The summed E-state index contributed by atoms with van der Waals surface area (Å²) < 4.78 is 21.6. The molecule has 204 valence electrons. The maximum atomic E-state index is 13.0. The average Bonchev–Trinajstić information content (AvgIpc) is 3.09. The van der Waals surface area contributed by atoms with E-state index < -0.39 is 71.5 Å². The molecule has 11 nitrogen and oxygen atoms in total. The lowest BCUT2D eigenvalue weighted by Gasteiger charge is -2.35. The maximum absolute atomic E-state index is 13.0. The van der Waals surface area contributed by atoms with E-state index in [0.29, 0.717) is 6.42 Å². The van der Waals surface area contributed by atoms with Crippen LogP contribution in [0.25, 0.3) is 0 Å². The minimum absolute atomic E-state index is 0.135. The van der Waals surface area contributed by atoms with E-state index in [9.17, 15) is 34.2 Å². The minimum Gasteiger partial charge on any atom is -0.466 e. The molecule has 0 spiro atoms. The first-order chi connectivity index (χ1) is 17.1. The molecule has 0 bridgehead atoms. The Kier molecular flexibility index (Phi) is 9.56. The second-order valence-corrected chi connectivity index (χ2v) is 9.51. The van der Waals surface area contributed by atoms with Crippen molar-refractivity contribution in [3.8, 4) is 0 Å². The zero-order valence-corrected chi connectivity index (χ0v) is 21.8. The summed E-state index contributed by atoms with van der Waals surface area (Å²) in [6, 6.07) is 0. The van der Waals surface area contributed by atoms with Crippen LogP contribution in [0.2, 0.25) is 0 Å². The third-order valence-corrected chi connectivity index (χ3v) is 6.66. The highest BCUT2D eigenvalue weighted by Gasteiger charge is 2.52. The smallest absolute Gasteiger partial charge is 0.346 e. The summed E-state index contributed by atoms with van der Waals surface area (Å²) >= 11 is 0. The summed E-state index contributed by atoms with van der Waals surface area (Å²) in [6.45, 7) is 10.2. The normalized spacial score (nSPS) is 30.1. The molecule has 2 N–H and O–H groups in total. The summed E-state index contributed by atoms with van der Waals surface area (Å²) in [7, 11) is 1.11. The molecule has 0 amide bonds. The van der Waals surface area contributed by atoms with Crippen molar-refractivity contribution in [2.24, 2.45) is 11.8 Å². The molecule has 1 fully saturated rings. The van der Waals surface area contributed by atoms with Gasteiger partial charge in [-0.3, -0.25) is 9.59 Å². The van der Waals surface area contributed by atoms with E-state index in [2.05, 4.69) is 6.58 Å². The van der Waals surface area contributed by atoms with Crippen molar-refractivity contribution in [2.45, 2.75) is 77.5 Å². The lowest BCUT2D eigenvalue weighted by Crippen LogP contribution is -2.52. The quantitative estimate of drug-likeness (QED) is 0.162. The molecule has 0 aromatic carbocycles. The average molecular weight is 523 g/mol. The van der Waals surface area contributed by atoms with Gasteiger partial charge in [-0.25, -0.2) is 14.4 Å². The highest BCUT2D eigenvalue weighted by Crippen LogP contribution is 2.38. The summed E-state index contributed by atoms with van der Waals surface area (Å²) in [5.41, 5.74) is -2.13. The van der Waals surface area contributed by atoms with Gasteiger partial charge < -0.3 is 29.2 Å². The van der Waals surface area contributed by atoms with Crippen molar-refractivity contribution in [1.29, 1.82) is 0 Å². The van der Waals surface area contributed by atoms with E-state index in [1.165, 1.54) is 19.9 Å². The molecule has 0 aromatic rings. The van der Waals surface area contributed by atoms with Gasteiger partial charge in [0.1, 0.15) is 6.10 Å². The highest BCUT2D eigenvalue weighted by molar-refractivity contribution is 6.05. The van der Waals surface area contributed by atoms with Gasteiger partial charge in [-0.15, -0.1) is 0 Å². The third-order valence-electron chi connectivity index (χ3n) is 6.66. The lowest BCUT2D eigenvalue weighted by molar-refractivity contribution is -0.187. The Morgan fingerprint density at radius 3 is 2.38 bits per heavy atom. The first kappa shape index (κ1) is 29.9. The van der Waals surface area contributed by atoms with E-state index in [4.69, 9.17) is 18.9 Å². The molecule has 2 aliphatic rings. The van der Waals surface area contributed by atoms with Gasteiger partial charge >= 0.3 is 23.9 Å². The predicted octanol–water partition coefficient (Wildman–Crippen LogP) is 1.10. The third kappa shape index (κ3) is 6.53. The summed E-state index contributed by atoms with van der Waals surface area (Å²) in [5.74, 6) is -7.19. The number of hydrogen-bond acceptors (Lipinski definition) is 11. The largest absolute Gasteiger partial charge is 0.466 e. The van der Waals surface area contributed by atoms with Crippen LogP contribution < -0.4 is 0 Å². The van der Waals surface area contributed by atoms with Gasteiger partial charge in [0.15, 0.2) is 18.0 Å². The van der Waals surface area contributed by atoms with E-state index in [1.807, 2.05) is 0 Å². The van der Waals surface area contributed by atoms with Crippen LogP contribution in [0, 0.1) is 11.8 Å². The Bertz CT molecular complexity index is 1030. The standard InChI is InChI=1S/C26H34O11/c1-12-9-8-10-17(24(31)34-7)20(36-22(29)13(2)15(4)27)21(37-25(32)26(6,33)16(5)28)19-14(3)23(30)35-18(19)11-12/h10-11,13,15,18-21,27,33H,3,8-9H2,1-2,4-7H3/b12-11+,17-10+/t13-,15+,18-,19+,20+,21+,26+/m1/s1. The monoisotopic (exact) mass is 522 g/mol. The van der Waals surface area contributed by atoms with Gasteiger partial charge in [0.2, 0.25) is 5.60 Å². The van der Waals surface area contributed by atoms with Crippen molar-refractivity contribution in [1.82, 2.24) is 0 Å². The Morgan fingerprint density at radius 1 is 1.22 bits per heavy atom. The number of hydrogen-bond donors (Lipinski definition) is 2. The number of carbonyl (C=O) groups is 5. The molecule has 1 saturated heterocycles. The van der Waals surface area contributed by atoms with E-state index in [1.54, 1.807) is 13.0 Å². The molecule has 0 aromatic heterocycles.